The number of anilines is 1. The molecule has 0 spiro atoms. The summed E-state index contributed by atoms with van der Waals surface area (Å²) in [6, 6.07) is 5.44. The highest BCUT2D eigenvalue weighted by Crippen LogP contribution is 2.14. The highest BCUT2D eigenvalue weighted by atomic mass is 19.1. The van der Waals surface area contributed by atoms with Crippen LogP contribution in [0.25, 0.3) is 0 Å². The zero-order chi connectivity index (χ0) is 13.5. The molecule has 1 aromatic rings. The van der Waals surface area contributed by atoms with Crippen LogP contribution in [0.4, 0.5) is 10.1 Å². The maximum absolute atomic E-state index is 12.8. The standard InChI is InChI=1S/C13H19FN2O2/c1-3-15-12(13(17)18)9-16(4-2)11-7-5-10(14)6-8-11/h5-8,12,15H,3-4,9H2,1-2H3,(H,17,18). The summed E-state index contributed by atoms with van der Waals surface area (Å²) in [4.78, 5) is 13.0. The minimum atomic E-state index is -0.877. The van der Waals surface area contributed by atoms with Gasteiger partial charge in [0.05, 0.1) is 0 Å². The van der Waals surface area contributed by atoms with Gasteiger partial charge in [-0.15, -0.1) is 0 Å². The number of carbonyl (C=O) groups is 1. The van der Waals surface area contributed by atoms with Gasteiger partial charge in [-0.05, 0) is 37.7 Å². The summed E-state index contributed by atoms with van der Waals surface area (Å²) in [5.74, 6) is -1.17. The molecule has 1 aromatic carbocycles. The lowest BCUT2D eigenvalue weighted by atomic mass is 10.2. The Hall–Kier alpha value is -1.62. The number of nitrogens with zero attached hydrogens (tertiary/aromatic N) is 1. The predicted molar refractivity (Wildman–Crippen MR) is 69.4 cm³/mol. The molecule has 1 rings (SSSR count). The van der Waals surface area contributed by atoms with Crippen LogP contribution in [0.1, 0.15) is 13.8 Å². The van der Waals surface area contributed by atoms with E-state index < -0.39 is 12.0 Å². The summed E-state index contributed by atoms with van der Waals surface area (Å²) in [6.07, 6.45) is 0. The summed E-state index contributed by atoms with van der Waals surface area (Å²) >= 11 is 0. The molecular formula is C13H19FN2O2. The lowest BCUT2D eigenvalue weighted by Gasteiger charge is -2.26. The van der Waals surface area contributed by atoms with Crippen molar-refractivity contribution in [2.45, 2.75) is 19.9 Å². The molecule has 0 heterocycles. The molecular weight excluding hydrogens is 235 g/mol. The summed E-state index contributed by atoms with van der Waals surface area (Å²) in [6.45, 7) is 5.42. The first kappa shape index (κ1) is 14.4. The molecule has 0 aliphatic heterocycles. The second-order valence-corrected chi connectivity index (χ2v) is 3.96. The molecule has 18 heavy (non-hydrogen) atoms. The van der Waals surface area contributed by atoms with Gasteiger partial charge >= 0.3 is 5.97 Å². The average Bonchev–Trinajstić information content (AvgIpc) is 2.35. The van der Waals surface area contributed by atoms with Crippen molar-refractivity contribution in [1.29, 1.82) is 0 Å². The van der Waals surface area contributed by atoms with Crippen LogP contribution in [0, 0.1) is 5.82 Å². The van der Waals surface area contributed by atoms with E-state index in [9.17, 15) is 9.18 Å². The van der Waals surface area contributed by atoms with Crippen LogP contribution in [0.15, 0.2) is 24.3 Å². The number of benzene rings is 1. The third-order valence-electron chi connectivity index (χ3n) is 2.73. The zero-order valence-corrected chi connectivity index (χ0v) is 10.7. The highest BCUT2D eigenvalue weighted by Gasteiger charge is 2.19. The van der Waals surface area contributed by atoms with Crippen molar-refractivity contribution < 1.29 is 14.3 Å². The second-order valence-electron chi connectivity index (χ2n) is 3.96. The minimum Gasteiger partial charge on any atom is -0.480 e. The predicted octanol–water partition coefficient (Wildman–Crippen LogP) is 1.71. The summed E-state index contributed by atoms with van der Waals surface area (Å²) in [7, 11) is 0. The summed E-state index contributed by atoms with van der Waals surface area (Å²) in [5.41, 5.74) is 0.822. The Morgan fingerprint density at radius 2 is 2.00 bits per heavy atom. The van der Waals surface area contributed by atoms with Crippen LogP contribution < -0.4 is 10.2 Å². The highest BCUT2D eigenvalue weighted by molar-refractivity contribution is 5.74. The van der Waals surface area contributed by atoms with Crippen LogP contribution in [-0.4, -0.2) is 36.8 Å². The Morgan fingerprint density at radius 3 is 2.44 bits per heavy atom. The van der Waals surface area contributed by atoms with Gasteiger partial charge in [-0.3, -0.25) is 4.79 Å². The number of rotatable bonds is 7. The molecule has 0 radical (unpaired) electrons. The molecule has 100 valence electrons. The van der Waals surface area contributed by atoms with Crippen molar-refractivity contribution in [3.05, 3.63) is 30.1 Å². The van der Waals surface area contributed by atoms with Gasteiger partial charge in [-0.1, -0.05) is 6.92 Å². The van der Waals surface area contributed by atoms with Gasteiger partial charge in [0.1, 0.15) is 11.9 Å². The van der Waals surface area contributed by atoms with Crippen molar-refractivity contribution in [3.8, 4) is 0 Å². The first-order valence-electron chi connectivity index (χ1n) is 6.05. The second kappa shape index (κ2) is 6.96. The first-order chi connectivity index (χ1) is 8.58. The van der Waals surface area contributed by atoms with Gasteiger partial charge in [0.25, 0.3) is 0 Å². The fourth-order valence-corrected chi connectivity index (χ4v) is 1.77. The number of carboxylic acid groups (broad SMARTS) is 1. The van der Waals surface area contributed by atoms with E-state index in [2.05, 4.69) is 5.32 Å². The Kier molecular flexibility index (Phi) is 5.58. The molecule has 1 atom stereocenters. The zero-order valence-electron chi connectivity index (χ0n) is 10.7. The Morgan fingerprint density at radius 1 is 1.39 bits per heavy atom. The Balaban J connectivity index is 2.76. The Labute approximate surface area is 106 Å². The molecule has 0 saturated heterocycles. The van der Waals surface area contributed by atoms with E-state index in [-0.39, 0.29) is 5.82 Å². The van der Waals surface area contributed by atoms with E-state index in [1.165, 1.54) is 12.1 Å². The maximum atomic E-state index is 12.8. The van der Waals surface area contributed by atoms with Gasteiger partial charge < -0.3 is 15.3 Å². The van der Waals surface area contributed by atoms with E-state index in [0.29, 0.717) is 19.6 Å². The van der Waals surface area contributed by atoms with Crippen LogP contribution in [0.3, 0.4) is 0 Å². The fourth-order valence-electron chi connectivity index (χ4n) is 1.77. The number of aliphatic carboxylic acids is 1. The van der Waals surface area contributed by atoms with E-state index in [1.807, 2.05) is 18.7 Å². The number of hydrogen-bond acceptors (Lipinski definition) is 3. The normalized spacial score (nSPS) is 12.2. The smallest absolute Gasteiger partial charge is 0.322 e. The van der Waals surface area contributed by atoms with E-state index >= 15 is 0 Å². The molecule has 0 aliphatic carbocycles. The topological polar surface area (TPSA) is 52.6 Å². The van der Waals surface area contributed by atoms with Gasteiger partial charge in [0.15, 0.2) is 0 Å². The maximum Gasteiger partial charge on any atom is 0.322 e. The van der Waals surface area contributed by atoms with Crippen molar-refractivity contribution in [3.63, 3.8) is 0 Å². The molecule has 0 amide bonds. The molecule has 0 aliphatic rings. The Bertz CT molecular complexity index is 381. The van der Waals surface area contributed by atoms with Gasteiger partial charge in [0, 0.05) is 18.8 Å². The largest absolute Gasteiger partial charge is 0.480 e. The van der Waals surface area contributed by atoms with Crippen LogP contribution in [0.5, 0.6) is 0 Å². The number of halogens is 1. The monoisotopic (exact) mass is 254 g/mol. The number of carboxylic acids is 1. The first-order valence-corrected chi connectivity index (χ1v) is 6.05. The molecule has 2 N–H and O–H groups in total. The van der Waals surface area contributed by atoms with Crippen molar-refractivity contribution >= 4 is 11.7 Å². The number of nitrogens with one attached hydrogen (secondary N) is 1. The third kappa shape index (κ3) is 4.00. The summed E-state index contributed by atoms with van der Waals surface area (Å²) in [5, 5.41) is 12.0. The third-order valence-corrected chi connectivity index (χ3v) is 2.73. The number of hydrogen-bond donors (Lipinski definition) is 2. The van der Waals surface area contributed by atoms with Crippen molar-refractivity contribution in [2.24, 2.45) is 0 Å². The molecule has 1 unspecified atom stereocenters. The molecule has 0 fully saturated rings. The van der Waals surface area contributed by atoms with E-state index in [4.69, 9.17) is 5.11 Å². The van der Waals surface area contributed by atoms with E-state index in [0.717, 1.165) is 5.69 Å². The quantitative estimate of drug-likeness (QED) is 0.778. The van der Waals surface area contributed by atoms with Crippen molar-refractivity contribution in [1.82, 2.24) is 5.32 Å². The van der Waals surface area contributed by atoms with Gasteiger partial charge in [-0.25, -0.2) is 4.39 Å². The molecule has 0 saturated carbocycles. The van der Waals surface area contributed by atoms with Gasteiger partial charge in [0.2, 0.25) is 0 Å². The van der Waals surface area contributed by atoms with E-state index in [1.54, 1.807) is 12.1 Å². The molecule has 0 bridgehead atoms. The van der Waals surface area contributed by atoms with Crippen LogP contribution >= 0.6 is 0 Å². The van der Waals surface area contributed by atoms with Crippen LogP contribution in [0.2, 0.25) is 0 Å². The minimum absolute atomic E-state index is 0.295. The average molecular weight is 254 g/mol. The van der Waals surface area contributed by atoms with Crippen LogP contribution in [-0.2, 0) is 4.79 Å². The fraction of sp³-hybridized carbons (Fsp3) is 0.462. The summed E-state index contributed by atoms with van der Waals surface area (Å²) < 4.78 is 12.8. The number of likely N-dealkylation sites (N-methyl/N-ethyl adjacent to an activating group) is 2. The lowest BCUT2D eigenvalue weighted by Crippen LogP contribution is -2.46. The SMILES string of the molecule is CCNC(CN(CC)c1ccc(F)cc1)C(=O)O. The molecule has 0 aromatic heterocycles. The molecule has 4 nitrogen and oxygen atoms in total. The van der Waals surface area contributed by atoms with Gasteiger partial charge in [-0.2, -0.15) is 0 Å². The van der Waals surface area contributed by atoms with Crippen molar-refractivity contribution in [2.75, 3.05) is 24.5 Å². The molecule has 5 heteroatoms. The lowest BCUT2D eigenvalue weighted by molar-refractivity contribution is -0.139.